The van der Waals surface area contributed by atoms with E-state index >= 15 is 0 Å². The summed E-state index contributed by atoms with van der Waals surface area (Å²) in [6.45, 7) is 8.09. The Labute approximate surface area is 164 Å². The highest BCUT2D eigenvalue weighted by Gasteiger charge is 2.45. The molecule has 0 radical (unpaired) electrons. The first-order valence-electron chi connectivity index (χ1n) is 9.78. The van der Waals surface area contributed by atoms with Gasteiger partial charge < -0.3 is 9.26 Å². The zero-order valence-corrected chi connectivity index (χ0v) is 16.3. The zero-order valence-electron chi connectivity index (χ0n) is 16.3. The largest absolute Gasteiger partial charge is 0.376 e. The van der Waals surface area contributed by atoms with E-state index in [0.717, 1.165) is 60.2 Å². The smallest absolute Gasteiger partial charge is 0.159 e. The molecule has 4 heterocycles. The van der Waals surface area contributed by atoms with Crippen molar-refractivity contribution in [3.05, 3.63) is 64.8 Å². The van der Waals surface area contributed by atoms with Crippen molar-refractivity contribution in [1.29, 1.82) is 0 Å². The highest BCUT2D eigenvalue weighted by Crippen LogP contribution is 2.40. The number of rotatable bonds is 3. The summed E-state index contributed by atoms with van der Waals surface area (Å²) in [5.41, 5.74) is 5.43. The molecule has 2 aliphatic rings. The third-order valence-electron chi connectivity index (χ3n) is 6.03. The molecule has 2 aliphatic heterocycles. The highest BCUT2D eigenvalue weighted by molar-refractivity contribution is 5.55. The summed E-state index contributed by atoms with van der Waals surface area (Å²) in [5, 5.41) is 4.10. The van der Waals surface area contributed by atoms with E-state index in [4.69, 9.17) is 14.2 Å². The van der Waals surface area contributed by atoms with Crippen molar-refractivity contribution >= 4 is 0 Å². The van der Waals surface area contributed by atoms with Crippen LogP contribution in [0.3, 0.4) is 0 Å². The highest BCUT2D eigenvalue weighted by atomic mass is 16.5. The number of hydrogen-bond donors (Lipinski definition) is 0. The lowest BCUT2D eigenvalue weighted by atomic mass is 9.80. The number of aromatic nitrogens is 3. The number of fused-ring (bicyclic) bond motifs is 2. The standard InChI is InChI=1S/C22H24N4O2/c1-15-19(16(2)28-25-15)11-26-9-8-22(13-26)14-27-12-18-10-23-21(24-20(18)22)17-6-4-3-5-7-17/h3-7,10H,8-9,11-14H2,1-2H3. The quantitative estimate of drug-likeness (QED) is 0.698. The molecule has 0 amide bonds. The molecule has 6 heteroatoms. The lowest BCUT2D eigenvalue weighted by Gasteiger charge is -2.34. The third kappa shape index (κ3) is 2.93. The molecule has 1 atom stereocenters. The van der Waals surface area contributed by atoms with Crippen LogP contribution in [0.15, 0.2) is 41.1 Å². The maximum atomic E-state index is 5.97. The first-order valence-corrected chi connectivity index (χ1v) is 9.78. The van der Waals surface area contributed by atoms with Gasteiger partial charge in [0, 0.05) is 36.0 Å². The van der Waals surface area contributed by atoms with Gasteiger partial charge in [-0.3, -0.25) is 4.90 Å². The van der Waals surface area contributed by atoms with Crippen molar-refractivity contribution in [3.63, 3.8) is 0 Å². The van der Waals surface area contributed by atoms with Gasteiger partial charge in [0.05, 0.1) is 30.0 Å². The summed E-state index contributed by atoms with van der Waals surface area (Å²) in [5.74, 6) is 1.71. The average molecular weight is 376 g/mol. The van der Waals surface area contributed by atoms with Gasteiger partial charge >= 0.3 is 0 Å². The number of ether oxygens (including phenoxy) is 1. The minimum absolute atomic E-state index is 0.0704. The minimum Gasteiger partial charge on any atom is -0.376 e. The van der Waals surface area contributed by atoms with Crippen LogP contribution in [0.4, 0.5) is 0 Å². The van der Waals surface area contributed by atoms with Crippen LogP contribution in [0.2, 0.25) is 0 Å². The second-order valence-corrected chi connectivity index (χ2v) is 7.97. The Morgan fingerprint density at radius 1 is 1.18 bits per heavy atom. The van der Waals surface area contributed by atoms with Crippen LogP contribution in [-0.2, 0) is 23.3 Å². The van der Waals surface area contributed by atoms with Crippen molar-refractivity contribution in [3.8, 4) is 11.4 Å². The van der Waals surface area contributed by atoms with Gasteiger partial charge in [0.2, 0.25) is 0 Å². The van der Waals surface area contributed by atoms with E-state index in [9.17, 15) is 0 Å². The molecule has 0 bridgehead atoms. The molecule has 3 aromatic rings. The first kappa shape index (κ1) is 17.5. The molecule has 0 saturated carbocycles. The number of nitrogens with zero attached hydrogens (tertiary/aromatic N) is 4. The lowest BCUT2D eigenvalue weighted by Crippen LogP contribution is -2.40. The summed E-state index contributed by atoms with van der Waals surface area (Å²) >= 11 is 0. The van der Waals surface area contributed by atoms with Crippen molar-refractivity contribution in [2.45, 2.75) is 38.8 Å². The number of aryl methyl sites for hydroxylation is 2. The van der Waals surface area contributed by atoms with Crippen LogP contribution >= 0.6 is 0 Å². The molecule has 6 nitrogen and oxygen atoms in total. The Bertz CT molecular complexity index is 982. The van der Waals surface area contributed by atoms with Crippen LogP contribution in [0.25, 0.3) is 11.4 Å². The van der Waals surface area contributed by atoms with Gasteiger partial charge in [-0.25, -0.2) is 9.97 Å². The van der Waals surface area contributed by atoms with Crippen molar-refractivity contribution in [2.24, 2.45) is 0 Å². The predicted molar refractivity (Wildman–Crippen MR) is 105 cm³/mol. The van der Waals surface area contributed by atoms with Gasteiger partial charge in [0.25, 0.3) is 0 Å². The Hall–Kier alpha value is -2.57. The summed E-state index contributed by atoms with van der Waals surface area (Å²) < 4.78 is 11.3. The monoisotopic (exact) mass is 376 g/mol. The van der Waals surface area contributed by atoms with Crippen molar-refractivity contribution < 1.29 is 9.26 Å². The summed E-state index contributed by atoms with van der Waals surface area (Å²) in [4.78, 5) is 12.1. The van der Waals surface area contributed by atoms with E-state index in [1.807, 2.05) is 38.2 Å². The van der Waals surface area contributed by atoms with E-state index in [1.165, 1.54) is 5.56 Å². The Morgan fingerprint density at radius 3 is 2.82 bits per heavy atom. The molecule has 28 heavy (non-hydrogen) atoms. The maximum absolute atomic E-state index is 5.97. The summed E-state index contributed by atoms with van der Waals surface area (Å²) in [6, 6.07) is 10.2. The fourth-order valence-corrected chi connectivity index (χ4v) is 4.48. The molecule has 144 valence electrons. The van der Waals surface area contributed by atoms with Crippen LogP contribution in [0.1, 0.15) is 34.7 Å². The molecular weight excluding hydrogens is 352 g/mol. The molecule has 1 saturated heterocycles. The minimum atomic E-state index is -0.0704. The number of benzene rings is 1. The SMILES string of the molecule is Cc1noc(C)c1CN1CCC2(COCc3cnc(-c4ccccc4)nc32)C1. The molecule has 1 spiro atoms. The van der Waals surface area contributed by atoms with Crippen LogP contribution in [0.5, 0.6) is 0 Å². The summed E-state index contributed by atoms with van der Waals surface area (Å²) in [7, 11) is 0. The first-order chi connectivity index (χ1) is 13.6. The maximum Gasteiger partial charge on any atom is 0.159 e. The van der Waals surface area contributed by atoms with Crippen LogP contribution in [-0.4, -0.2) is 39.7 Å². The van der Waals surface area contributed by atoms with E-state index < -0.39 is 0 Å². The molecule has 0 aliphatic carbocycles. The third-order valence-corrected chi connectivity index (χ3v) is 6.03. The van der Waals surface area contributed by atoms with Crippen LogP contribution < -0.4 is 0 Å². The van der Waals surface area contributed by atoms with Crippen molar-refractivity contribution in [2.75, 3.05) is 19.7 Å². The fraction of sp³-hybridized carbons (Fsp3) is 0.409. The Balaban J connectivity index is 1.46. The number of likely N-dealkylation sites (tertiary alicyclic amines) is 1. The molecule has 1 fully saturated rings. The Morgan fingerprint density at radius 2 is 2.04 bits per heavy atom. The molecule has 2 aromatic heterocycles. The Kier molecular flexibility index (Phi) is 4.25. The second-order valence-electron chi connectivity index (χ2n) is 7.97. The van der Waals surface area contributed by atoms with E-state index in [0.29, 0.717) is 13.2 Å². The van der Waals surface area contributed by atoms with E-state index in [2.05, 4.69) is 27.2 Å². The fourth-order valence-electron chi connectivity index (χ4n) is 4.48. The predicted octanol–water partition coefficient (Wildman–Crippen LogP) is 3.42. The van der Waals surface area contributed by atoms with Gasteiger partial charge in [-0.15, -0.1) is 0 Å². The second kappa shape index (κ2) is 6.79. The summed E-state index contributed by atoms with van der Waals surface area (Å²) in [6.07, 6.45) is 2.98. The average Bonchev–Trinajstić information content (AvgIpc) is 3.28. The van der Waals surface area contributed by atoms with E-state index in [-0.39, 0.29) is 5.41 Å². The molecule has 5 rings (SSSR count). The normalized spacial score (nSPS) is 21.9. The van der Waals surface area contributed by atoms with Crippen molar-refractivity contribution in [1.82, 2.24) is 20.0 Å². The molecular formula is C22H24N4O2. The van der Waals surface area contributed by atoms with Gasteiger partial charge in [0.1, 0.15) is 5.76 Å². The molecule has 0 N–H and O–H groups in total. The van der Waals surface area contributed by atoms with Gasteiger partial charge in [0.15, 0.2) is 5.82 Å². The molecule has 1 aromatic carbocycles. The van der Waals surface area contributed by atoms with Gasteiger partial charge in [-0.2, -0.15) is 0 Å². The lowest BCUT2D eigenvalue weighted by molar-refractivity contribution is 0.0503. The molecule has 1 unspecified atom stereocenters. The zero-order chi connectivity index (χ0) is 19.1. The van der Waals surface area contributed by atoms with Gasteiger partial charge in [-0.1, -0.05) is 35.5 Å². The van der Waals surface area contributed by atoms with Gasteiger partial charge in [-0.05, 0) is 26.8 Å². The topological polar surface area (TPSA) is 64.3 Å². The van der Waals surface area contributed by atoms with E-state index in [1.54, 1.807) is 0 Å². The van der Waals surface area contributed by atoms with Crippen LogP contribution in [0, 0.1) is 13.8 Å². The number of hydrogen-bond acceptors (Lipinski definition) is 6.